The van der Waals surface area contributed by atoms with Gasteiger partial charge in [0.1, 0.15) is 5.82 Å². The van der Waals surface area contributed by atoms with E-state index in [9.17, 15) is 0 Å². The lowest BCUT2D eigenvalue weighted by Gasteiger charge is -2.36. The molecule has 0 bridgehead atoms. The van der Waals surface area contributed by atoms with Gasteiger partial charge in [-0.2, -0.15) is 0 Å². The van der Waals surface area contributed by atoms with Gasteiger partial charge in [-0.1, -0.05) is 13.0 Å². The number of hydrogen-bond acceptors (Lipinski definition) is 4. The minimum Gasteiger partial charge on any atom is -0.356 e. The van der Waals surface area contributed by atoms with Gasteiger partial charge >= 0.3 is 0 Å². The van der Waals surface area contributed by atoms with Gasteiger partial charge in [-0.3, -0.25) is 0 Å². The Kier molecular flexibility index (Phi) is 6.00. The monoisotopic (exact) mass is 290 g/mol. The third-order valence-corrected chi connectivity index (χ3v) is 4.44. The minimum absolute atomic E-state index is 0.722. The zero-order valence-corrected chi connectivity index (χ0v) is 14.0. The maximum absolute atomic E-state index is 4.82. The zero-order chi connectivity index (χ0) is 15.2. The molecule has 118 valence electrons. The van der Waals surface area contributed by atoms with E-state index in [1.165, 1.54) is 24.8 Å². The molecule has 0 amide bonds. The summed E-state index contributed by atoms with van der Waals surface area (Å²) in [7, 11) is 4.36. The number of nitrogens with zero attached hydrogens (tertiary/aromatic N) is 3. The Morgan fingerprint density at radius 2 is 2.00 bits per heavy atom. The average molecular weight is 290 g/mol. The van der Waals surface area contributed by atoms with Crippen molar-refractivity contribution in [1.29, 1.82) is 0 Å². The van der Waals surface area contributed by atoms with E-state index in [2.05, 4.69) is 55.2 Å². The Balaban J connectivity index is 1.94. The highest BCUT2D eigenvalue weighted by atomic mass is 15.2. The Morgan fingerprint density at radius 3 is 2.57 bits per heavy atom. The van der Waals surface area contributed by atoms with Crippen molar-refractivity contribution >= 4 is 5.82 Å². The van der Waals surface area contributed by atoms with Crippen LogP contribution in [-0.2, 0) is 6.54 Å². The summed E-state index contributed by atoms with van der Waals surface area (Å²) in [5.74, 6) is 1.14. The molecule has 0 atom stereocenters. The lowest BCUT2D eigenvalue weighted by Crippen LogP contribution is -2.42. The van der Waals surface area contributed by atoms with Crippen LogP contribution in [0.2, 0.25) is 0 Å². The van der Waals surface area contributed by atoms with Gasteiger partial charge in [0.05, 0.1) is 0 Å². The van der Waals surface area contributed by atoms with Gasteiger partial charge in [0, 0.05) is 31.4 Å². The van der Waals surface area contributed by atoms with E-state index in [4.69, 9.17) is 4.98 Å². The molecule has 0 aromatic carbocycles. The molecule has 0 saturated carbocycles. The topological polar surface area (TPSA) is 31.4 Å². The highest BCUT2D eigenvalue weighted by Crippen LogP contribution is 2.21. The van der Waals surface area contributed by atoms with E-state index in [0.29, 0.717) is 0 Å². The fourth-order valence-electron chi connectivity index (χ4n) is 2.95. The fourth-order valence-corrected chi connectivity index (χ4v) is 2.95. The molecule has 1 fully saturated rings. The number of anilines is 1. The average Bonchev–Trinajstić information content (AvgIpc) is 2.49. The molecule has 1 aliphatic rings. The summed E-state index contributed by atoms with van der Waals surface area (Å²) in [6, 6.07) is 5.14. The first-order valence-electron chi connectivity index (χ1n) is 8.20. The predicted octanol–water partition coefficient (Wildman–Crippen LogP) is 2.42. The van der Waals surface area contributed by atoms with Crippen molar-refractivity contribution < 1.29 is 0 Å². The zero-order valence-electron chi connectivity index (χ0n) is 14.0. The summed E-state index contributed by atoms with van der Waals surface area (Å²) in [5.41, 5.74) is 2.47. The maximum atomic E-state index is 4.82. The van der Waals surface area contributed by atoms with Crippen LogP contribution in [0.3, 0.4) is 0 Å². The quantitative estimate of drug-likeness (QED) is 0.815. The fraction of sp³-hybridized carbons (Fsp3) is 0.706. The van der Waals surface area contributed by atoms with E-state index in [-0.39, 0.29) is 0 Å². The summed E-state index contributed by atoms with van der Waals surface area (Å²) in [6.07, 6.45) is 3.63. The van der Waals surface area contributed by atoms with Crippen molar-refractivity contribution in [3.05, 3.63) is 23.4 Å². The SMILES string of the molecule is CCCNCc1ccc(N2CCC(N(C)C)CC2)nc1C. The minimum atomic E-state index is 0.722. The largest absolute Gasteiger partial charge is 0.356 e. The number of pyridine rings is 1. The molecular formula is C17H30N4. The lowest BCUT2D eigenvalue weighted by atomic mass is 10.0. The van der Waals surface area contributed by atoms with E-state index in [1.54, 1.807) is 0 Å². The Morgan fingerprint density at radius 1 is 1.29 bits per heavy atom. The smallest absolute Gasteiger partial charge is 0.128 e. The summed E-state index contributed by atoms with van der Waals surface area (Å²) in [4.78, 5) is 9.59. The predicted molar refractivity (Wildman–Crippen MR) is 89.9 cm³/mol. The van der Waals surface area contributed by atoms with Gasteiger partial charge in [0.2, 0.25) is 0 Å². The first-order valence-corrected chi connectivity index (χ1v) is 8.20. The standard InChI is InChI=1S/C17H30N4/c1-5-10-18-13-15-6-7-17(19-14(15)2)21-11-8-16(9-12-21)20(3)4/h6-7,16,18H,5,8-13H2,1-4H3. The number of piperidine rings is 1. The normalized spacial score (nSPS) is 16.7. The van der Waals surface area contributed by atoms with Gasteiger partial charge in [0.15, 0.2) is 0 Å². The van der Waals surface area contributed by atoms with Crippen LogP contribution in [-0.4, -0.2) is 49.7 Å². The van der Waals surface area contributed by atoms with Crippen molar-refractivity contribution in [2.45, 2.75) is 45.7 Å². The highest BCUT2D eigenvalue weighted by molar-refractivity contribution is 5.42. The molecule has 1 aromatic rings. The van der Waals surface area contributed by atoms with Crippen LogP contribution in [0.25, 0.3) is 0 Å². The van der Waals surface area contributed by atoms with Crippen molar-refractivity contribution in [2.24, 2.45) is 0 Å². The molecule has 2 heterocycles. The molecule has 1 aliphatic heterocycles. The van der Waals surface area contributed by atoms with Crippen LogP contribution in [0.5, 0.6) is 0 Å². The van der Waals surface area contributed by atoms with Crippen LogP contribution in [0.1, 0.15) is 37.4 Å². The highest BCUT2D eigenvalue weighted by Gasteiger charge is 2.21. The summed E-state index contributed by atoms with van der Waals surface area (Å²) >= 11 is 0. The molecule has 0 radical (unpaired) electrons. The van der Waals surface area contributed by atoms with Crippen LogP contribution < -0.4 is 10.2 Å². The summed E-state index contributed by atoms with van der Waals surface area (Å²) < 4.78 is 0. The maximum Gasteiger partial charge on any atom is 0.128 e. The second-order valence-electron chi connectivity index (χ2n) is 6.27. The third-order valence-electron chi connectivity index (χ3n) is 4.44. The Hall–Kier alpha value is -1.13. The summed E-state index contributed by atoms with van der Waals surface area (Å²) in [6.45, 7) is 8.54. The first kappa shape index (κ1) is 16.2. The van der Waals surface area contributed by atoms with Gasteiger partial charge in [-0.25, -0.2) is 4.98 Å². The van der Waals surface area contributed by atoms with E-state index >= 15 is 0 Å². The molecule has 1 aromatic heterocycles. The van der Waals surface area contributed by atoms with Crippen molar-refractivity contribution in [3.8, 4) is 0 Å². The van der Waals surface area contributed by atoms with Crippen molar-refractivity contribution in [2.75, 3.05) is 38.6 Å². The van der Waals surface area contributed by atoms with Gasteiger partial charge in [-0.15, -0.1) is 0 Å². The van der Waals surface area contributed by atoms with Crippen LogP contribution in [0.4, 0.5) is 5.82 Å². The first-order chi connectivity index (χ1) is 10.1. The molecule has 1 saturated heterocycles. The van der Waals surface area contributed by atoms with Gasteiger partial charge < -0.3 is 15.1 Å². The van der Waals surface area contributed by atoms with E-state index < -0.39 is 0 Å². The molecule has 0 unspecified atom stereocenters. The lowest BCUT2D eigenvalue weighted by molar-refractivity contribution is 0.249. The van der Waals surface area contributed by atoms with E-state index in [1.807, 2.05) is 0 Å². The second kappa shape index (κ2) is 7.76. The molecule has 0 aliphatic carbocycles. The summed E-state index contributed by atoms with van der Waals surface area (Å²) in [5, 5.41) is 3.45. The third kappa shape index (κ3) is 4.42. The number of aryl methyl sites for hydroxylation is 1. The molecule has 4 nitrogen and oxygen atoms in total. The van der Waals surface area contributed by atoms with Crippen molar-refractivity contribution in [1.82, 2.24) is 15.2 Å². The number of hydrogen-bond donors (Lipinski definition) is 1. The second-order valence-corrected chi connectivity index (χ2v) is 6.27. The molecule has 0 spiro atoms. The molecule has 21 heavy (non-hydrogen) atoms. The van der Waals surface area contributed by atoms with Crippen LogP contribution >= 0.6 is 0 Å². The Labute approximate surface area is 129 Å². The number of aromatic nitrogens is 1. The van der Waals surface area contributed by atoms with E-state index in [0.717, 1.165) is 43.7 Å². The molecular weight excluding hydrogens is 260 g/mol. The van der Waals surface area contributed by atoms with Gasteiger partial charge in [0.25, 0.3) is 0 Å². The Bertz CT molecular complexity index is 436. The molecule has 1 N–H and O–H groups in total. The van der Waals surface area contributed by atoms with Crippen molar-refractivity contribution in [3.63, 3.8) is 0 Å². The van der Waals surface area contributed by atoms with Crippen LogP contribution in [0.15, 0.2) is 12.1 Å². The number of rotatable bonds is 6. The number of nitrogens with one attached hydrogen (secondary N) is 1. The van der Waals surface area contributed by atoms with Crippen LogP contribution in [0, 0.1) is 6.92 Å². The molecule has 4 heteroatoms. The molecule has 2 rings (SSSR count). The van der Waals surface area contributed by atoms with Gasteiger partial charge in [-0.05, 0) is 58.5 Å².